The van der Waals surface area contributed by atoms with E-state index < -0.39 is 0 Å². The maximum Gasteiger partial charge on any atom is 0.241 e. The first-order valence-corrected chi connectivity index (χ1v) is 9.56. The van der Waals surface area contributed by atoms with E-state index in [-0.39, 0.29) is 17.9 Å². The van der Waals surface area contributed by atoms with E-state index in [0.29, 0.717) is 6.42 Å². The van der Waals surface area contributed by atoms with Gasteiger partial charge in [-0.25, -0.2) is 0 Å². The first-order valence-electron chi connectivity index (χ1n) is 9.56. The van der Waals surface area contributed by atoms with E-state index in [1.807, 2.05) is 50.2 Å². The van der Waals surface area contributed by atoms with Crippen molar-refractivity contribution in [3.63, 3.8) is 0 Å². The number of hydrogen-bond donors (Lipinski definition) is 2. The molecule has 2 aromatic rings. The number of nitrogens with zero attached hydrogens (tertiary/aromatic N) is 1. The fraction of sp³-hybridized carbons (Fsp3) is 0.364. The van der Waals surface area contributed by atoms with Crippen LogP contribution in [0, 0.1) is 6.92 Å². The Morgan fingerprint density at radius 2 is 1.89 bits per heavy atom. The summed E-state index contributed by atoms with van der Waals surface area (Å²) in [4.78, 5) is 26.6. The quantitative estimate of drug-likeness (QED) is 0.815. The highest BCUT2D eigenvalue weighted by atomic mass is 16.2. The van der Waals surface area contributed by atoms with Gasteiger partial charge in [-0.3, -0.25) is 14.5 Å². The summed E-state index contributed by atoms with van der Waals surface area (Å²) in [5, 5.41) is 5.91. The molecule has 1 fully saturated rings. The van der Waals surface area contributed by atoms with E-state index in [4.69, 9.17) is 0 Å². The third-order valence-electron chi connectivity index (χ3n) is 4.98. The second kappa shape index (κ2) is 8.82. The molecule has 5 heteroatoms. The Labute approximate surface area is 160 Å². The van der Waals surface area contributed by atoms with E-state index in [2.05, 4.69) is 27.7 Å². The van der Waals surface area contributed by atoms with Crippen LogP contribution in [0.15, 0.2) is 48.5 Å². The number of anilines is 2. The maximum absolute atomic E-state index is 12.9. The van der Waals surface area contributed by atoms with Crippen LogP contribution in [0.1, 0.15) is 37.3 Å². The van der Waals surface area contributed by atoms with Crippen molar-refractivity contribution in [2.45, 2.75) is 45.7 Å². The minimum Gasteiger partial charge on any atom is -0.326 e. The summed E-state index contributed by atoms with van der Waals surface area (Å²) in [6, 6.07) is 15.7. The minimum absolute atomic E-state index is 0.0197. The van der Waals surface area contributed by atoms with Gasteiger partial charge in [0.1, 0.15) is 0 Å². The fourth-order valence-electron chi connectivity index (χ4n) is 3.48. The van der Waals surface area contributed by atoms with Crippen molar-refractivity contribution in [1.29, 1.82) is 0 Å². The SMILES string of the molecule is CCC(=O)Nc1ccc(NC(=O)[C@@H]2CCCN2Cc2ccccc2)c(C)c1. The van der Waals surface area contributed by atoms with E-state index in [0.717, 1.165) is 42.9 Å². The number of aryl methyl sites for hydroxylation is 1. The summed E-state index contributed by atoms with van der Waals surface area (Å²) < 4.78 is 0. The van der Waals surface area contributed by atoms with Crippen LogP contribution in [0.2, 0.25) is 0 Å². The van der Waals surface area contributed by atoms with Gasteiger partial charge in [0.15, 0.2) is 0 Å². The van der Waals surface area contributed by atoms with Gasteiger partial charge in [-0.1, -0.05) is 37.3 Å². The lowest BCUT2D eigenvalue weighted by Gasteiger charge is -2.24. The van der Waals surface area contributed by atoms with Crippen molar-refractivity contribution in [3.05, 3.63) is 59.7 Å². The Bertz CT molecular complexity index is 804. The van der Waals surface area contributed by atoms with Gasteiger partial charge in [-0.15, -0.1) is 0 Å². The largest absolute Gasteiger partial charge is 0.326 e. The molecule has 2 aromatic carbocycles. The topological polar surface area (TPSA) is 61.4 Å². The molecule has 0 aliphatic carbocycles. The average Bonchev–Trinajstić information content (AvgIpc) is 3.13. The zero-order chi connectivity index (χ0) is 19.2. The van der Waals surface area contributed by atoms with Crippen molar-refractivity contribution in [3.8, 4) is 0 Å². The number of benzene rings is 2. The van der Waals surface area contributed by atoms with Crippen LogP contribution >= 0.6 is 0 Å². The van der Waals surface area contributed by atoms with Gasteiger partial charge >= 0.3 is 0 Å². The van der Waals surface area contributed by atoms with Crippen molar-refractivity contribution in [2.24, 2.45) is 0 Å². The number of carbonyl (C=O) groups is 2. The molecule has 0 spiro atoms. The van der Waals surface area contributed by atoms with Crippen molar-refractivity contribution in [2.75, 3.05) is 17.2 Å². The number of hydrogen-bond acceptors (Lipinski definition) is 3. The van der Waals surface area contributed by atoms with Gasteiger partial charge in [-0.2, -0.15) is 0 Å². The Morgan fingerprint density at radius 3 is 2.59 bits per heavy atom. The molecule has 0 aromatic heterocycles. The third kappa shape index (κ3) is 4.95. The lowest BCUT2D eigenvalue weighted by atomic mass is 10.1. The molecule has 1 aliphatic rings. The molecule has 0 radical (unpaired) electrons. The van der Waals surface area contributed by atoms with Gasteiger partial charge in [0.2, 0.25) is 11.8 Å². The summed E-state index contributed by atoms with van der Waals surface area (Å²) in [5.74, 6) is 0.0190. The van der Waals surface area contributed by atoms with Gasteiger partial charge < -0.3 is 10.6 Å². The van der Waals surface area contributed by atoms with Crippen molar-refractivity contribution < 1.29 is 9.59 Å². The summed E-state index contributed by atoms with van der Waals surface area (Å²) in [5.41, 5.74) is 3.71. The summed E-state index contributed by atoms with van der Waals surface area (Å²) in [6.45, 7) is 5.49. The van der Waals surface area contributed by atoms with Crippen LogP contribution in [0.5, 0.6) is 0 Å². The second-order valence-electron chi connectivity index (χ2n) is 7.03. The van der Waals surface area contributed by atoms with Crippen LogP contribution < -0.4 is 10.6 Å². The number of likely N-dealkylation sites (tertiary alicyclic amines) is 1. The van der Waals surface area contributed by atoms with E-state index >= 15 is 0 Å². The predicted molar refractivity (Wildman–Crippen MR) is 109 cm³/mol. The highest BCUT2D eigenvalue weighted by Gasteiger charge is 2.30. The van der Waals surface area contributed by atoms with Gasteiger partial charge in [0.25, 0.3) is 0 Å². The van der Waals surface area contributed by atoms with Crippen LogP contribution in [-0.4, -0.2) is 29.3 Å². The molecular formula is C22H27N3O2. The number of nitrogens with one attached hydrogen (secondary N) is 2. The maximum atomic E-state index is 12.9. The first-order chi connectivity index (χ1) is 13.1. The Balaban J connectivity index is 1.64. The Kier molecular flexibility index (Phi) is 6.24. The second-order valence-corrected chi connectivity index (χ2v) is 7.03. The number of rotatable bonds is 6. The molecule has 1 saturated heterocycles. The molecule has 0 saturated carbocycles. The van der Waals surface area contributed by atoms with Crippen molar-refractivity contribution >= 4 is 23.2 Å². The lowest BCUT2D eigenvalue weighted by Crippen LogP contribution is -2.39. The van der Waals surface area contributed by atoms with Crippen LogP contribution in [0.4, 0.5) is 11.4 Å². The molecule has 2 N–H and O–H groups in total. The number of carbonyl (C=O) groups excluding carboxylic acids is 2. The van der Waals surface area contributed by atoms with Gasteiger partial charge in [0, 0.05) is 24.3 Å². The zero-order valence-electron chi connectivity index (χ0n) is 16.0. The molecule has 1 aliphatic heterocycles. The molecule has 0 unspecified atom stereocenters. The van der Waals surface area contributed by atoms with Crippen LogP contribution in [0.3, 0.4) is 0 Å². The van der Waals surface area contributed by atoms with E-state index in [1.54, 1.807) is 0 Å². The zero-order valence-corrected chi connectivity index (χ0v) is 16.0. The molecule has 5 nitrogen and oxygen atoms in total. The average molecular weight is 365 g/mol. The predicted octanol–water partition coefficient (Wildman–Crippen LogP) is 3.95. The summed E-state index contributed by atoms with van der Waals surface area (Å²) in [7, 11) is 0. The molecule has 142 valence electrons. The van der Waals surface area contributed by atoms with Crippen LogP contribution in [0.25, 0.3) is 0 Å². The molecule has 2 amide bonds. The smallest absolute Gasteiger partial charge is 0.241 e. The summed E-state index contributed by atoms with van der Waals surface area (Å²) >= 11 is 0. The molecule has 3 rings (SSSR count). The molecule has 1 atom stereocenters. The van der Waals surface area contributed by atoms with Crippen molar-refractivity contribution in [1.82, 2.24) is 4.90 Å². The normalized spacial score (nSPS) is 16.9. The van der Waals surface area contributed by atoms with Gasteiger partial charge in [0.05, 0.1) is 6.04 Å². The number of amides is 2. The highest BCUT2D eigenvalue weighted by Crippen LogP contribution is 2.24. The third-order valence-corrected chi connectivity index (χ3v) is 4.98. The Morgan fingerprint density at radius 1 is 1.11 bits per heavy atom. The van der Waals surface area contributed by atoms with Gasteiger partial charge in [-0.05, 0) is 55.6 Å². The molecule has 1 heterocycles. The monoisotopic (exact) mass is 365 g/mol. The van der Waals surface area contributed by atoms with E-state index in [1.165, 1.54) is 5.56 Å². The minimum atomic E-state index is -0.107. The molecule has 27 heavy (non-hydrogen) atoms. The van der Waals surface area contributed by atoms with E-state index in [9.17, 15) is 9.59 Å². The molecule has 0 bridgehead atoms. The van der Waals surface area contributed by atoms with Crippen LogP contribution in [-0.2, 0) is 16.1 Å². The Hall–Kier alpha value is -2.66. The highest BCUT2D eigenvalue weighted by molar-refractivity contribution is 5.96. The molecular weight excluding hydrogens is 338 g/mol. The summed E-state index contributed by atoms with van der Waals surface area (Å²) in [6.07, 6.45) is 2.35. The lowest BCUT2D eigenvalue weighted by molar-refractivity contribution is -0.120. The fourth-order valence-corrected chi connectivity index (χ4v) is 3.48. The standard InChI is InChI=1S/C22H27N3O2/c1-3-21(26)23-18-11-12-19(16(2)14-18)24-22(27)20-10-7-13-25(20)15-17-8-5-4-6-9-17/h4-6,8-9,11-12,14,20H,3,7,10,13,15H2,1-2H3,(H,23,26)(H,24,27)/t20-/m0/s1. The first kappa shape index (κ1) is 19.1.